The Hall–Kier alpha value is -1.59. The van der Waals surface area contributed by atoms with Gasteiger partial charge in [0, 0.05) is 5.56 Å². The Morgan fingerprint density at radius 1 is 1.60 bits per heavy atom. The number of hydrogen-bond acceptors (Lipinski definition) is 4. The van der Waals surface area contributed by atoms with Gasteiger partial charge in [0.2, 0.25) is 0 Å². The number of hydrazine groups is 1. The predicted molar refractivity (Wildman–Crippen MR) is 56.2 cm³/mol. The Balaban J connectivity index is 3.27. The van der Waals surface area contributed by atoms with E-state index in [4.69, 9.17) is 10.9 Å². The van der Waals surface area contributed by atoms with E-state index in [9.17, 15) is 9.90 Å². The van der Waals surface area contributed by atoms with Crippen LogP contribution in [-0.4, -0.2) is 16.2 Å². The van der Waals surface area contributed by atoms with Crippen molar-refractivity contribution in [1.82, 2.24) is 0 Å². The van der Waals surface area contributed by atoms with E-state index in [2.05, 4.69) is 5.43 Å². The van der Waals surface area contributed by atoms with Crippen LogP contribution in [-0.2, 0) is 11.2 Å². The van der Waals surface area contributed by atoms with E-state index in [0.29, 0.717) is 17.7 Å². The third-order valence-corrected chi connectivity index (χ3v) is 2.24. The third-order valence-electron chi connectivity index (χ3n) is 2.24. The molecule has 0 amide bonds. The normalized spacial score (nSPS) is 12.2. The number of rotatable bonds is 4. The number of aliphatic carboxylic acids is 1. The molecular weight excluding hydrogens is 196 g/mol. The highest BCUT2D eigenvalue weighted by Crippen LogP contribution is 2.26. The maximum Gasteiger partial charge on any atom is 0.337 e. The summed E-state index contributed by atoms with van der Waals surface area (Å²) in [6.45, 7) is 1.88. The lowest BCUT2D eigenvalue weighted by Crippen LogP contribution is -2.17. The number of anilines is 1. The summed E-state index contributed by atoms with van der Waals surface area (Å²) in [6.07, 6.45) is -0.915. The fraction of sp³-hybridized carbons (Fsp3) is 0.300. The van der Waals surface area contributed by atoms with Crippen molar-refractivity contribution in [2.24, 2.45) is 5.84 Å². The van der Waals surface area contributed by atoms with Crippen LogP contribution in [0.4, 0.5) is 5.69 Å². The van der Waals surface area contributed by atoms with Crippen molar-refractivity contribution in [2.45, 2.75) is 19.4 Å². The van der Waals surface area contributed by atoms with E-state index < -0.39 is 12.1 Å². The highest BCUT2D eigenvalue weighted by molar-refractivity contribution is 5.78. The van der Waals surface area contributed by atoms with Crippen LogP contribution in [0.2, 0.25) is 0 Å². The van der Waals surface area contributed by atoms with Gasteiger partial charge in [0.15, 0.2) is 6.10 Å². The van der Waals surface area contributed by atoms with Crippen LogP contribution in [0, 0.1) is 0 Å². The maximum absolute atomic E-state index is 10.7. The van der Waals surface area contributed by atoms with Gasteiger partial charge in [-0.15, -0.1) is 0 Å². The van der Waals surface area contributed by atoms with Crippen LogP contribution in [0.5, 0.6) is 0 Å². The van der Waals surface area contributed by atoms with E-state index in [-0.39, 0.29) is 0 Å². The van der Waals surface area contributed by atoms with Crippen LogP contribution in [0.3, 0.4) is 0 Å². The highest BCUT2D eigenvalue weighted by Gasteiger charge is 2.21. The number of nitrogens with one attached hydrogen (secondary N) is 1. The molecule has 0 heterocycles. The van der Waals surface area contributed by atoms with Crippen molar-refractivity contribution in [1.29, 1.82) is 0 Å². The van der Waals surface area contributed by atoms with Crippen molar-refractivity contribution in [3.05, 3.63) is 29.3 Å². The summed E-state index contributed by atoms with van der Waals surface area (Å²) in [4.78, 5) is 10.7. The number of nitrogens with two attached hydrogens (primary N) is 1. The van der Waals surface area contributed by atoms with Gasteiger partial charge in [0.25, 0.3) is 0 Å². The number of carbonyl (C=O) groups is 1. The predicted octanol–water partition coefficient (Wildman–Crippen LogP) is 0.653. The summed E-state index contributed by atoms with van der Waals surface area (Å²) in [5.74, 6) is 3.97. The molecule has 1 rings (SSSR count). The molecule has 5 heteroatoms. The first-order valence-corrected chi connectivity index (χ1v) is 4.61. The van der Waals surface area contributed by atoms with Crippen LogP contribution < -0.4 is 11.3 Å². The minimum atomic E-state index is -1.55. The molecule has 0 fully saturated rings. The molecule has 5 N–H and O–H groups in total. The van der Waals surface area contributed by atoms with Gasteiger partial charge in [-0.2, -0.15) is 0 Å². The molecule has 0 bridgehead atoms. The van der Waals surface area contributed by atoms with Gasteiger partial charge in [-0.05, 0) is 18.1 Å². The summed E-state index contributed by atoms with van der Waals surface area (Å²) in [7, 11) is 0. The zero-order valence-corrected chi connectivity index (χ0v) is 8.40. The molecule has 0 radical (unpaired) electrons. The standard InChI is InChI=1S/C10H14N2O3/c1-2-6-4-3-5-7(12-11)8(6)9(13)10(14)15/h3-5,9,12-13H,2,11H2,1H3,(H,14,15). The summed E-state index contributed by atoms with van der Waals surface area (Å²) in [6, 6.07) is 5.15. The lowest BCUT2D eigenvalue weighted by atomic mass is 9.98. The third kappa shape index (κ3) is 2.26. The van der Waals surface area contributed by atoms with Crippen molar-refractivity contribution in [3.63, 3.8) is 0 Å². The monoisotopic (exact) mass is 210 g/mol. The van der Waals surface area contributed by atoms with Gasteiger partial charge < -0.3 is 15.6 Å². The van der Waals surface area contributed by atoms with E-state index in [1.54, 1.807) is 18.2 Å². The second-order valence-electron chi connectivity index (χ2n) is 3.12. The molecule has 5 nitrogen and oxygen atoms in total. The minimum Gasteiger partial charge on any atom is -0.479 e. The molecule has 0 aromatic heterocycles. The fourth-order valence-corrected chi connectivity index (χ4v) is 1.49. The number of carboxylic acids is 1. The molecule has 0 saturated carbocycles. The van der Waals surface area contributed by atoms with E-state index in [1.165, 1.54) is 0 Å². The Kier molecular flexibility index (Phi) is 3.65. The number of aliphatic hydroxyl groups is 1. The number of hydrogen-bond donors (Lipinski definition) is 4. The first-order chi connectivity index (χ1) is 7.11. The number of carboxylic acid groups (broad SMARTS) is 1. The number of nitrogen functional groups attached to an aromatic ring is 1. The highest BCUT2D eigenvalue weighted by atomic mass is 16.4. The second kappa shape index (κ2) is 4.77. The number of benzene rings is 1. The Morgan fingerprint density at radius 3 is 2.73 bits per heavy atom. The van der Waals surface area contributed by atoms with Gasteiger partial charge in [-0.3, -0.25) is 5.84 Å². The SMILES string of the molecule is CCc1cccc(NN)c1C(O)C(=O)O. The summed E-state index contributed by atoms with van der Waals surface area (Å²) in [5.41, 5.74) is 3.91. The Bertz CT molecular complexity index is 343. The molecule has 1 aromatic carbocycles. The van der Waals surface area contributed by atoms with Crippen molar-refractivity contribution in [2.75, 3.05) is 5.43 Å². The average Bonchev–Trinajstić information content (AvgIpc) is 2.26. The average molecular weight is 210 g/mol. The molecular formula is C10H14N2O3. The molecule has 1 aromatic rings. The lowest BCUT2D eigenvalue weighted by molar-refractivity contribution is -0.146. The zero-order valence-electron chi connectivity index (χ0n) is 8.40. The Labute approximate surface area is 87.5 Å². The molecule has 1 atom stereocenters. The maximum atomic E-state index is 10.7. The second-order valence-corrected chi connectivity index (χ2v) is 3.12. The molecule has 82 valence electrons. The van der Waals surface area contributed by atoms with Gasteiger partial charge in [-0.1, -0.05) is 19.1 Å². The van der Waals surface area contributed by atoms with Gasteiger partial charge in [-0.25, -0.2) is 4.79 Å². The first kappa shape index (κ1) is 11.5. The van der Waals surface area contributed by atoms with Gasteiger partial charge in [0.05, 0.1) is 5.69 Å². The van der Waals surface area contributed by atoms with Crippen molar-refractivity contribution in [3.8, 4) is 0 Å². The molecule has 0 aliphatic rings. The quantitative estimate of drug-likeness (QED) is 0.432. The van der Waals surface area contributed by atoms with Crippen molar-refractivity contribution < 1.29 is 15.0 Å². The van der Waals surface area contributed by atoms with Gasteiger partial charge >= 0.3 is 5.97 Å². The largest absolute Gasteiger partial charge is 0.479 e. The topological polar surface area (TPSA) is 95.6 Å². The molecule has 0 aliphatic heterocycles. The molecule has 0 spiro atoms. The van der Waals surface area contributed by atoms with Crippen LogP contribution >= 0.6 is 0 Å². The van der Waals surface area contributed by atoms with Gasteiger partial charge in [0.1, 0.15) is 0 Å². The van der Waals surface area contributed by atoms with E-state index in [1.807, 2.05) is 6.92 Å². The van der Waals surface area contributed by atoms with Crippen molar-refractivity contribution >= 4 is 11.7 Å². The first-order valence-electron chi connectivity index (χ1n) is 4.61. The molecule has 15 heavy (non-hydrogen) atoms. The smallest absolute Gasteiger partial charge is 0.337 e. The van der Waals surface area contributed by atoms with Crippen LogP contribution in [0.25, 0.3) is 0 Å². The molecule has 0 saturated heterocycles. The Morgan fingerprint density at radius 2 is 2.27 bits per heavy atom. The molecule has 1 unspecified atom stereocenters. The minimum absolute atomic E-state index is 0.329. The lowest BCUT2D eigenvalue weighted by Gasteiger charge is -2.15. The summed E-state index contributed by atoms with van der Waals surface area (Å²) >= 11 is 0. The fourth-order valence-electron chi connectivity index (χ4n) is 1.49. The summed E-state index contributed by atoms with van der Waals surface area (Å²) < 4.78 is 0. The number of aryl methyl sites for hydroxylation is 1. The zero-order chi connectivity index (χ0) is 11.4. The van der Waals surface area contributed by atoms with E-state index in [0.717, 1.165) is 5.56 Å². The molecule has 0 aliphatic carbocycles. The van der Waals surface area contributed by atoms with Crippen LogP contribution in [0.1, 0.15) is 24.2 Å². The van der Waals surface area contributed by atoms with Crippen LogP contribution in [0.15, 0.2) is 18.2 Å². The number of aliphatic hydroxyl groups excluding tert-OH is 1. The van der Waals surface area contributed by atoms with E-state index >= 15 is 0 Å². The summed E-state index contributed by atoms with van der Waals surface area (Å²) in [5, 5.41) is 18.3.